The van der Waals surface area contributed by atoms with Crippen LogP contribution in [0.25, 0.3) is 6.08 Å². The predicted molar refractivity (Wildman–Crippen MR) is 99.2 cm³/mol. The maximum atomic E-state index is 12.1. The molecule has 0 saturated carbocycles. The molecule has 0 aliphatic heterocycles. The molecule has 0 fully saturated rings. The average molecular weight is 368 g/mol. The van der Waals surface area contributed by atoms with Gasteiger partial charge in [-0.2, -0.15) is 0 Å². The van der Waals surface area contributed by atoms with Crippen LogP contribution in [-0.2, 0) is 4.79 Å². The highest BCUT2D eigenvalue weighted by atomic mass is 35.5. The van der Waals surface area contributed by atoms with Gasteiger partial charge >= 0.3 is 5.97 Å². The normalized spacial score (nSPS) is 10.7. The number of amides is 1. The summed E-state index contributed by atoms with van der Waals surface area (Å²) in [6.07, 6.45) is 4.31. The minimum atomic E-state index is -0.528. The van der Waals surface area contributed by atoms with Crippen LogP contribution in [0.15, 0.2) is 77.4 Å². The first kappa shape index (κ1) is 17.5. The maximum absolute atomic E-state index is 12.1. The highest BCUT2D eigenvalue weighted by Gasteiger charge is 2.07. The van der Waals surface area contributed by atoms with E-state index in [9.17, 15) is 9.59 Å². The van der Waals surface area contributed by atoms with Gasteiger partial charge in [-0.05, 0) is 66.7 Å². The lowest BCUT2D eigenvalue weighted by Crippen LogP contribution is -2.11. The lowest BCUT2D eigenvalue weighted by atomic mass is 10.2. The molecule has 26 heavy (non-hydrogen) atoms. The molecule has 0 saturated heterocycles. The summed E-state index contributed by atoms with van der Waals surface area (Å²) >= 11 is 5.80. The first-order chi connectivity index (χ1) is 12.6. The quantitative estimate of drug-likeness (QED) is 0.399. The number of anilines is 1. The lowest BCUT2D eigenvalue weighted by molar-refractivity contribution is -0.128. The molecular formula is C20H14ClNO4. The van der Waals surface area contributed by atoms with E-state index in [4.69, 9.17) is 20.8 Å². The number of carbonyl (C=O) groups excluding carboxylic acids is 2. The molecule has 0 unspecified atom stereocenters. The van der Waals surface area contributed by atoms with Gasteiger partial charge in [-0.1, -0.05) is 11.6 Å². The van der Waals surface area contributed by atoms with Gasteiger partial charge in [0.25, 0.3) is 5.91 Å². The minimum Gasteiger partial charge on any atom is -0.465 e. The van der Waals surface area contributed by atoms with Gasteiger partial charge in [0, 0.05) is 22.3 Å². The van der Waals surface area contributed by atoms with Crippen molar-refractivity contribution in [3.8, 4) is 5.75 Å². The van der Waals surface area contributed by atoms with E-state index in [2.05, 4.69) is 5.32 Å². The van der Waals surface area contributed by atoms with Crippen LogP contribution in [0, 0.1) is 0 Å². The van der Waals surface area contributed by atoms with Crippen LogP contribution in [0.2, 0.25) is 5.02 Å². The van der Waals surface area contributed by atoms with E-state index in [-0.39, 0.29) is 5.91 Å². The Hall–Kier alpha value is -3.31. The van der Waals surface area contributed by atoms with Crippen molar-refractivity contribution in [2.24, 2.45) is 0 Å². The van der Waals surface area contributed by atoms with Crippen molar-refractivity contribution in [3.05, 3.63) is 89.3 Å². The summed E-state index contributed by atoms with van der Waals surface area (Å²) in [7, 11) is 0. The summed E-state index contributed by atoms with van der Waals surface area (Å²) in [5.74, 6) is 0.137. The molecule has 2 aromatic carbocycles. The van der Waals surface area contributed by atoms with Gasteiger partial charge < -0.3 is 14.5 Å². The molecule has 1 aromatic heterocycles. The number of nitrogens with one attached hydrogen (secondary N) is 1. The Kier molecular flexibility index (Phi) is 5.51. The number of hydrogen-bond donors (Lipinski definition) is 1. The van der Waals surface area contributed by atoms with Crippen molar-refractivity contribution < 1.29 is 18.7 Å². The average Bonchev–Trinajstić information content (AvgIpc) is 3.16. The first-order valence-corrected chi connectivity index (χ1v) is 8.08. The Bertz CT molecular complexity index is 913. The molecular weight excluding hydrogens is 354 g/mol. The van der Waals surface area contributed by atoms with Crippen LogP contribution >= 0.6 is 11.6 Å². The standard InChI is InChI=1S/C20H14ClNO4/c21-15-5-3-14(4-6-15)20(24)22-16-7-9-18(10-8-16)26-19(23)12-11-17-2-1-13-25-17/h1-13H,(H,22,24)/b12-11+. The molecule has 0 aliphatic rings. The Morgan fingerprint density at radius 3 is 2.38 bits per heavy atom. The van der Waals surface area contributed by atoms with Crippen LogP contribution < -0.4 is 10.1 Å². The number of furan rings is 1. The molecule has 130 valence electrons. The smallest absolute Gasteiger partial charge is 0.336 e. The fraction of sp³-hybridized carbons (Fsp3) is 0. The molecule has 1 heterocycles. The molecule has 6 heteroatoms. The van der Waals surface area contributed by atoms with Gasteiger partial charge in [0.2, 0.25) is 0 Å². The third-order valence-electron chi connectivity index (χ3n) is 3.36. The third-order valence-corrected chi connectivity index (χ3v) is 3.62. The Morgan fingerprint density at radius 2 is 1.73 bits per heavy atom. The second-order valence-corrected chi connectivity index (χ2v) is 5.69. The van der Waals surface area contributed by atoms with Gasteiger partial charge in [0.05, 0.1) is 6.26 Å². The van der Waals surface area contributed by atoms with Crippen molar-refractivity contribution in [1.29, 1.82) is 0 Å². The van der Waals surface area contributed by atoms with Crippen molar-refractivity contribution >= 4 is 35.2 Å². The number of carbonyl (C=O) groups is 2. The zero-order valence-corrected chi connectivity index (χ0v) is 14.3. The summed E-state index contributed by atoms with van der Waals surface area (Å²) in [4.78, 5) is 23.9. The Morgan fingerprint density at radius 1 is 1.00 bits per heavy atom. The molecule has 3 aromatic rings. The highest BCUT2D eigenvalue weighted by molar-refractivity contribution is 6.30. The highest BCUT2D eigenvalue weighted by Crippen LogP contribution is 2.17. The van der Waals surface area contributed by atoms with E-state index in [1.54, 1.807) is 60.7 Å². The van der Waals surface area contributed by atoms with Crippen LogP contribution in [0.4, 0.5) is 5.69 Å². The largest absolute Gasteiger partial charge is 0.465 e. The summed E-state index contributed by atoms with van der Waals surface area (Å²) < 4.78 is 10.3. The summed E-state index contributed by atoms with van der Waals surface area (Å²) in [5.41, 5.74) is 1.07. The van der Waals surface area contributed by atoms with Crippen LogP contribution in [0.5, 0.6) is 5.75 Å². The monoisotopic (exact) mass is 367 g/mol. The number of hydrogen-bond acceptors (Lipinski definition) is 4. The SMILES string of the molecule is O=C(/C=C/c1ccco1)Oc1ccc(NC(=O)c2ccc(Cl)cc2)cc1. The van der Waals surface area contributed by atoms with Crippen molar-refractivity contribution in [2.45, 2.75) is 0 Å². The zero-order valence-electron chi connectivity index (χ0n) is 13.5. The Balaban J connectivity index is 1.57. The van der Waals surface area contributed by atoms with Crippen LogP contribution in [-0.4, -0.2) is 11.9 Å². The number of halogens is 1. The topological polar surface area (TPSA) is 68.5 Å². The molecule has 5 nitrogen and oxygen atoms in total. The van der Waals surface area contributed by atoms with Gasteiger partial charge in [0.15, 0.2) is 0 Å². The predicted octanol–water partition coefficient (Wildman–Crippen LogP) is 4.80. The van der Waals surface area contributed by atoms with Crippen molar-refractivity contribution in [1.82, 2.24) is 0 Å². The molecule has 1 amide bonds. The van der Waals surface area contributed by atoms with Gasteiger partial charge in [-0.25, -0.2) is 4.79 Å². The molecule has 0 atom stereocenters. The van der Waals surface area contributed by atoms with E-state index >= 15 is 0 Å². The van der Waals surface area contributed by atoms with Crippen molar-refractivity contribution in [2.75, 3.05) is 5.32 Å². The molecule has 0 bridgehead atoms. The first-order valence-electron chi connectivity index (χ1n) is 7.70. The molecule has 0 spiro atoms. The molecule has 1 N–H and O–H groups in total. The number of rotatable bonds is 5. The minimum absolute atomic E-state index is 0.257. The molecule has 0 aliphatic carbocycles. The van der Waals surface area contributed by atoms with Crippen LogP contribution in [0.3, 0.4) is 0 Å². The fourth-order valence-corrected chi connectivity index (χ4v) is 2.22. The van der Waals surface area contributed by atoms with E-state index in [1.807, 2.05) is 0 Å². The van der Waals surface area contributed by atoms with E-state index in [1.165, 1.54) is 18.4 Å². The van der Waals surface area contributed by atoms with Gasteiger partial charge in [0.1, 0.15) is 11.5 Å². The zero-order chi connectivity index (χ0) is 18.4. The fourth-order valence-electron chi connectivity index (χ4n) is 2.10. The van der Waals surface area contributed by atoms with Crippen LogP contribution in [0.1, 0.15) is 16.1 Å². The third kappa shape index (κ3) is 4.84. The molecule has 0 radical (unpaired) electrons. The second-order valence-electron chi connectivity index (χ2n) is 5.26. The summed E-state index contributed by atoms with van der Waals surface area (Å²) in [5, 5.41) is 3.32. The Labute approximate surface area is 154 Å². The number of benzene rings is 2. The maximum Gasteiger partial charge on any atom is 0.336 e. The second kappa shape index (κ2) is 8.18. The van der Waals surface area contributed by atoms with Gasteiger partial charge in [-0.15, -0.1) is 0 Å². The summed E-state index contributed by atoms with van der Waals surface area (Å²) in [6.45, 7) is 0. The number of esters is 1. The lowest BCUT2D eigenvalue weighted by Gasteiger charge is -2.07. The van der Waals surface area contributed by atoms with E-state index < -0.39 is 5.97 Å². The van der Waals surface area contributed by atoms with E-state index in [0.717, 1.165) is 0 Å². The van der Waals surface area contributed by atoms with E-state index in [0.29, 0.717) is 27.8 Å². The summed E-state index contributed by atoms with van der Waals surface area (Å²) in [6, 6.07) is 16.5. The molecule has 3 rings (SSSR count). The number of ether oxygens (including phenoxy) is 1. The van der Waals surface area contributed by atoms with Crippen molar-refractivity contribution in [3.63, 3.8) is 0 Å². The van der Waals surface area contributed by atoms with Gasteiger partial charge in [-0.3, -0.25) is 4.79 Å².